The predicted molar refractivity (Wildman–Crippen MR) is 107 cm³/mol. The van der Waals surface area contributed by atoms with Gasteiger partial charge in [0.05, 0.1) is 25.3 Å². The van der Waals surface area contributed by atoms with Crippen molar-refractivity contribution in [3.05, 3.63) is 39.7 Å². The topological polar surface area (TPSA) is 83.3 Å². The molecule has 2 aliphatic rings. The van der Waals surface area contributed by atoms with Gasteiger partial charge in [0.1, 0.15) is 17.3 Å². The van der Waals surface area contributed by atoms with E-state index in [0.29, 0.717) is 54.7 Å². The number of carbonyl (C=O) groups excluding carboxylic acids is 3. The maximum Gasteiger partial charge on any atom is 0.289 e. The molecule has 0 saturated carbocycles. The molecule has 154 valence electrons. The Labute approximate surface area is 172 Å². The van der Waals surface area contributed by atoms with Crippen LogP contribution in [0.4, 0.5) is 5.00 Å². The molecule has 3 amide bonds. The van der Waals surface area contributed by atoms with E-state index in [1.165, 1.54) is 16.2 Å². The lowest BCUT2D eigenvalue weighted by Gasteiger charge is -2.26. The molecule has 0 radical (unpaired) electrons. The van der Waals surface area contributed by atoms with E-state index in [1.54, 1.807) is 43.0 Å². The van der Waals surface area contributed by atoms with Gasteiger partial charge in [-0.3, -0.25) is 19.3 Å². The summed E-state index contributed by atoms with van der Waals surface area (Å²) in [7, 11) is 3.23. The number of nitrogens with zero attached hydrogens (tertiary/aromatic N) is 3. The summed E-state index contributed by atoms with van der Waals surface area (Å²) in [4.78, 5) is 44.3. The van der Waals surface area contributed by atoms with E-state index in [-0.39, 0.29) is 24.3 Å². The molecule has 0 N–H and O–H groups in total. The largest absolute Gasteiger partial charge is 0.456 e. The number of anilines is 1. The molecule has 0 bridgehead atoms. The average molecular weight is 417 g/mol. The molecular formula is C20H23N3O5S. The minimum absolute atomic E-state index is 0.0428. The fourth-order valence-corrected chi connectivity index (χ4v) is 5.15. The van der Waals surface area contributed by atoms with Gasteiger partial charge in [-0.1, -0.05) is 0 Å². The van der Waals surface area contributed by atoms with Gasteiger partial charge in [-0.2, -0.15) is 0 Å². The van der Waals surface area contributed by atoms with Crippen LogP contribution in [-0.2, 0) is 22.5 Å². The third kappa shape index (κ3) is 3.44. The quantitative estimate of drug-likeness (QED) is 0.759. The lowest BCUT2D eigenvalue weighted by molar-refractivity contribution is -0.119. The second-order valence-corrected chi connectivity index (χ2v) is 8.35. The van der Waals surface area contributed by atoms with Crippen molar-refractivity contribution in [3.63, 3.8) is 0 Å². The smallest absolute Gasteiger partial charge is 0.289 e. The molecule has 0 unspecified atom stereocenters. The molecule has 2 aromatic rings. The molecule has 0 saturated heterocycles. The third-order valence-corrected chi connectivity index (χ3v) is 6.51. The first-order valence-corrected chi connectivity index (χ1v) is 10.3. The number of ether oxygens (including phenoxy) is 1. The highest BCUT2D eigenvalue weighted by Crippen LogP contribution is 2.41. The Morgan fingerprint density at radius 2 is 2.07 bits per heavy atom. The molecule has 2 aromatic heterocycles. The van der Waals surface area contributed by atoms with Gasteiger partial charge in [0, 0.05) is 25.6 Å². The minimum Gasteiger partial charge on any atom is -0.456 e. The van der Waals surface area contributed by atoms with Crippen LogP contribution >= 0.6 is 11.3 Å². The van der Waals surface area contributed by atoms with Gasteiger partial charge in [0.15, 0.2) is 5.76 Å². The molecule has 8 nitrogen and oxygen atoms in total. The van der Waals surface area contributed by atoms with E-state index >= 15 is 0 Å². The zero-order valence-electron chi connectivity index (χ0n) is 16.7. The Morgan fingerprint density at radius 3 is 2.76 bits per heavy atom. The van der Waals surface area contributed by atoms with Crippen LogP contribution in [0.2, 0.25) is 0 Å². The van der Waals surface area contributed by atoms with Gasteiger partial charge < -0.3 is 19.0 Å². The summed E-state index contributed by atoms with van der Waals surface area (Å²) in [6.45, 7) is 3.51. The van der Waals surface area contributed by atoms with Crippen LogP contribution < -0.4 is 4.90 Å². The molecule has 0 aromatic carbocycles. The summed E-state index contributed by atoms with van der Waals surface area (Å²) in [6.07, 6.45) is 0.568. The number of aryl methyl sites for hydroxylation is 1. The fourth-order valence-electron chi connectivity index (χ4n) is 3.75. The van der Waals surface area contributed by atoms with Crippen molar-refractivity contribution >= 4 is 34.1 Å². The van der Waals surface area contributed by atoms with E-state index in [9.17, 15) is 14.4 Å². The van der Waals surface area contributed by atoms with E-state index < -0.39 is 0 Å². The monoisotopic (exact) mass is 417 g/mol. The van der Waals surface area contributed by atoms with Gasteiger partial charge in [-0.25, -0.2) is 0 Å². The number of hydrogen-bond acceptors (Lipinski definition) is 6. The number of amides is 3. The lowest BCUT2D eigenvalue weighted by Crippen LogP contribution is -2.39. The normalized spacial score (nSPS) is 16.7. The van der Waals surface area contributed by atoms with E-state index in [1.807, 2.05) is 0 Å². The molecule has 29 heavy (non-hydrogen) atoms. The van der Waals surface area contributed by atoms with Gasteiger partial charge in [0.25, 0.3) is 11.8 Å². The van der Waals surface area contributed by atoms with Gasteiger partial charge >= 0.3 is 0 Å². The molecule has 4 heterocycles. The van der Waals surface area contributed by atoms with Crippen LogP contribution in [0.3, 0.4) is 0 Å². The van der Waals surface area contributed by atoms with Crippen molar-refractivity contribution in [2.24, 2.45) is 0 Å². The Morgan fingerprint density at radius 1 is 1.28 bits per heavy atom. The second-order valence-electron chi connectivity index (χ2n) is 7.27. The number of methoxy groups -OCH3 is 1. The van der Waals surface area contributed by atoms with Crippen molar-refractivity contribution in [2.75, 3.05) is 45.3 Å². The zero-order chi connectivity index (χ0) is 20.7. The molecule has 4 rings (SSSR count). The molecule has 0 fully saturated rings. The number of rotatable bonds is 4. The first-order chi connectivity index (χ1) is 13.9. The van der Waals surface area contributed by atoms with Crippen LogP contribution in [0, 0.1) is 6.92 Å². The van der Waals surface area contributed by atoms with E-state index in [0.717, 1.165) is 10.4 Å². The zero-order valence-corrected chi connectivity index (χ0v) is 17.5. The van der Waals surface area contributed by atoms with Crippen LogP contribution in [0.15, 0.2) is 16.5 Å². The molecular weight excluding hydrogens is 394 g/mol. The van der Waals surface area contributed by atoms with Crippen LogP contribution in [0.5, 0.6) is 0 Å². The number of carbonyl (C=O) groups is 3. The van der Waals surface area contributed by atoms with Crippen molar-refractivity contribution in [1.29, 1.82) is 0 Å². The van der Waals surface area contributed by atoms with Crippen LogP contribution in [0.25, 0.3) is 0 Å². The SMILES string of the molecule is COCCN1C(=O)CN(C)C(=O)c2c1sc1c2CCN(C(=O)c2ccc(C)o2)C1. The number of thiophene rings is 1. The summed E-state index contributed by atoms with van der Waals surface area (Å²) in [5.74, 6) is 0.566. The van der Waals surface area contributed by atoms with Crippen LogP contribution in [0.1, 0.15) is 37.1 Å². The van der Waals surface area contributed by atoms with Crippen molar-refractivity contribution in [2.45, 2.75) is 19.9 Å². The fraction of sp³-hybridized carbons (Fsp3) is 0.450. The van der Waals surface area contributed by atoms with E-state index in [4.69, 9.17) is 9.15 Å². The Kier molecular flexibility index (Phi) is 5.18. The Balaban J connectivity index is 1.68. The maximum atomic E-state index is 13.0. The highest BCUT2D eigenvalue weighted by atomic mass is 32.1. The summed E-state index contributed by atoms with van der Waals surface area (Å²) in [5.41, 5.74) is 1.54. The summed E-state index contributed by atoms with van der Waals surface area (Å²) < 4.78 is 10.6. The first kappa shape index (κ1) is 19.7. The van der Waals surface area contributed by atoms with Gasteiger partial charge in [0.2, 0.25) is 5.91 Å². The van der Waals surface area contributed by atoms with Crippen LogP contribution in [-0.4, -0.2) is 67.9 Å². The highest BCUT2D eigenvalue weighted by Gasteiger charge is 2.37. The van der Waals surface area contributed by atoms with Gasteiger partial charge in [-0.15, -0.1) is 11.3 Å². The summed E-state index contributed by atoms with van der Waals surface area (Å²) in [5, 5.41) is 0.662. The van der Waals surface area contributed by atoms with Crippen molar-refractivity contribution < 1.29 is 23.5 Å². The lowest BCUT2D eigenvalue weighted by atomic mass is 10.0. The van der Waals surface area contributed by atoms with Gasteiger partial charge in [-0.05, 0) is 31.0 Å². The highest BCUT2D eigenvalue weighted by molar-refractivity contribution is 7.17. The second kappa shape index (κ2) is 7.64. The number of fused-ring (bicyclic) bond motifs is 3. The number of furan rings is 1. The average Bonchev–Trinajstić information content (AvgIpc) is 3.28. The van der Waals surface area contributed by atoms with Crippen molar-refractivity contribution in [1.82, 2.24) is 9.80 Å². The molecule has 2 aliphatic heterocycles. The Hall–Kier alpha value is -2.65. The van der Waals surface area contributed by atoms with E-state index in [2.05, 4.69) is 0 Å². The Bertz CT molecular complexity index is 979. The first-order valence-electron chi connectivity index (χ1n) is 9.45. The standard InChI is InChI=1S/C20H23N3O5S/c1-12-4-5-14(28-12)18(25)22-7-6-13-15(10-22)29-20-17(13)19(26)21(2)11-16(24)23(20)8-9-27-3/h4-5H,6-11H2,1-3H3. The number of likely N-dealkylation sites (N-methyl/N-ethyl adjacent to an activating group) is 1. The molecule has 9 heteroatoms. The maximum absolute atomic E-state index is 13.0. The summed E-state index contributed by atoms with van der Waals surface area (Å²) in [6, 6.07) is 3.45. The molecule has 0 atom stereocenters. The van der Waals surface area contributed by atoms with Crippen molar-refractivity contribution in [3.8, 4) is 0 Å². The molecule has 0 spiro atoms. The molecule has 0 aliphatic carbocycles. The number of hydrogen-bond donors (Lipinski definition) is 0. The summed E-state index contributed by atoms with van der Waals surface area (Å²) >= 11 is 1.42. The third-order valence-electron chi connectivity index (χ3n) is 5.27. The minimum atomic E-state index is -0.164. The predicted octanol–water partition coefficient (Wildman–Crippen LogP) is 1.91.